The lowest BCUT2D eigenvalue weighted by Gasteiger charge is -2.23. The van der Waals surface area contributed by atoms with Crippen molar-refractivity contribution in [3.63, 3.8) is 0 Å². The predicted molar refractivity (Wildman–Crippen MR) is 82.8 cm³/mol. The van der Waals surface area contributed by atoms with Crippen LogP contribution in [-0.2, 0) is 0 Å². The maximum absolute atomic E-state index is 12.8. The standard InChI is InChI=1S/C16H16N6O/c1-11-9-18-12(10-17-11)16(23)21-8-4-5-13(21)15-20-19-14-6-2-3-7-22(14)15/h2-3,6-7,9-10,13H,4-5,8H2,1H3. The molecule has 116 valence electrons. The fourth-order valence-corrected chi connectivity index (χ4v) is 3.02. The van der Waals surface area contributed by atoms with Gasteiger partial charge in [-0.2, -0.15) is 0 Å². The molecule has 4 rings (SSSR count). The van der Waals surface area contributed by atoms with E-state index in [4.69, 9.17) is 0 Å². The normalized spacial score (nSPS) is 17.8. The highest BCUT2D eigenvalue weighted by Crippen LogP contribution is 2.31. The first-order chi connectivity index (χ1) is 11.2. The summed E-state index contributed by atoms with van der Waals surface area (Å²) in [4.78, 5) is 23.0. The Labute approximate surface area is 133 Å². The molecule has 1 atom stereocenters. The van der Waals surface area contributed by atoms with E-state index < -0.39 is 0 Å². The van der Waals surface area contributed by atoms with Gasteiger partial charge in [0.05, 0.1) is 17.9 Å². The molecule has 1 unspecified atom stereocenters. The summed E-state index contributed by atoms with van der Waals surface area (Å²) < 4.78 is 1.94. The Balaban J connectivity index is 1.69. The molecule has 7 nitrogen and oxygen atoms in total. The molecule has 1 fully saturated rings. The maximum atomic E-state index is 12.8. The van der Waals surface area contributed by atoms with Gasteiger partial charge in [0, 0.05) is 18.9 Å². The summed E-state index contributed by atoms with van der Waals surface area (Å²) in [7, 11) is 0. The highest BCUT2D eigenvalue weighted by atomic mass is 16.2. The number of likely N-dealkylation sites (tertiary alicyclic amines) is 1. The van der Waals surface area contributed by atoms with Gasteiger partial charge >= 0.3 is 0 Å². The van der Waals surface area contributed by atoms with Crippen LogP contribution in [-0.4, -0.2) is 41.9 Å². The summed E-state index contributed by atoms with van der Waals surface area (Å²) in [6.07, 6.45) is 6.90. The number of pyridine rings is 1. The van der Waals surface area contributed by atoms with Crippen LogP contribution in [0.4, 0.5) is 0 Å². The lowest BCUT2D eigenvalue weighted by atomic mass is 10.2. The topological polar surface area (TPSA) is 76.3 Å². The number of fused-ring (bicyclic) bond motifs is 1. The molecular formula is C16H16N6O. The molecule has 0 saturated carbocycles. The van der Waals surface area contributed by atoms with E-state index in [-0.39, 0.29) is 11.9 Å². The van der Waals surface area contributed by atoms with Crippen molar-refractivity contribution in [1.29, 1.82) is 0 Å². The van der Waals surface area contributed by atoms with Gasteiger partial charge in [0.2, 0.25) is 0 Å². The minimum Gasteiger partial charge on any atom is -0.327 e. The van der Waals surface area contributed by atoms with Crippen LogP contribution >= 0.6 is 0 Å². The number of aromatic nitrogens is 5. The molecule has 4 heterocycles. The number of nitrogens with zero attached hydrogens (tertiary/aromatic N) is 6. The second kappa shape index (κ2) is 5.42. The molecule has 0 spiro atoms. The average molecular weight is 308 g/mol. The number of rotatable bonds is 2. The van der Waals surface area contributed by atoms with Crippen molar-refractivity contribution < 1.29 is 4.79 Å². The van der Waals surface area contributed by atoms with Crippen molar-refractivity contribution in [2.75, 3.05) is 6.54 Å². The van der Waals surface area contributed by atoms with Crippen molar-refractivity contribution in [2.24, 2.45) is 0 Å². The van der Waals surface area contributed by atoms with E-state index in [2.05, 4.69) is 20.2 Å². The molecule has 0 radical (unpaired) electrons. The monoisotopic (exact) mass is 308 g/mol. The van der Waals surface area contributed by atoms with Gasteiger partial charge in [-0.25, -0.2) is 4.98 Å². The van der Waals surface area contributed by atoms with E-state index in [1.54, 1.807) is 6.20 Å². The van der Waals surface area contributed by atoms with Crippen molar-refractivity contribution in [1.82, 2.24) is 29.5 Å². The van der Waals surface area contributed by atoms with Crippen LogP contribution in [0.25, 0.3) is 5.65 Å². The third-order valence-corrected chi connectivity index (χ3v) is 4.15. The molecular weight excluding hydrogens is 292 g/mol. The van der Waals surface area contributed by atoms with E-state index in [0.717, 1.165) is 30.0 Å². The number of hydrogen-bond donors (Lipinski definition) is 0. The lowest BCUT2D eigenvalue weighted by Crippen LogP contribution is -2.32. The van der Waals surface area contributed by atoms with Crippen LogP contribution in [0, 0.1) is 6.92 Å². The van der Waals surface area contributed by atoms with Gasteiger partial charge in [-0.05, 0) is 31.9 Å². The summed E-state index contributed by atoms with van der Waals surface area (Å²) in [5.41, 5.74) is 1.95. The molecule has 0 aliphatic carbocycles. The fourth-order valence-electron chi connectivity index (χ4n) is 3.02. The SMILES string of the molecule is Cc1cnc(C(=O)N2CCCC2c2nnc3ccccn23)cn1. The molecule has 1 saturated heterocycles. The highest BCUT2D eigenvalue weighted by Gasteiger charge is 2.34. The van der Waals surface area contributed by atoms with Gasteiger partial charge in [-0.3, -0.25) is 14.2 Å². The summed E-state index contributed by atoms with van der Waals surface area (Å²) >= 11 is 0. The molecule has 0 bridgehead atoms. The van der Waals surface area contributed by atoms with Crippen molar-refractivity contribution in [2.45, 2.75) is 25.8 Å². The summed E-state index contributed by atoms with van der Waals surface area (Å²) in [5.74, 6) is 0.694. The molecule has 0 N–H and O–H groups in total. The zero-order chi connectivity index (χ0) is 15.8. The Hall–Kier alpha value is -2.83. The van der Waals surface area contributed by atoms with E-state index >= 15 is 0 Å². The van der Waals surface area contributed by atoms with Gasteiger partial charge in [-0.1, -0.05) is 6.07 Å². The van der Waals surface area contributed by atoms with Gasteiger partial charge < -0.3 is 4.90 Å². The van der Waals surface area contributed by atoms with Gasteiger partial charge in [-0.15, -0.1) is 10.2 Å². The molecule has 1 amide bonds. The Bertz CT molecular complexity index is 856. The van der Waals surface area contributed by atoms with Crippen LogP contribution in [0.15, 0.2) is 36.8 Å². The minimum atomic E-state index is -0.104. The molecule has 23 heavy (non-hydrogen) atoms. The smallest absolute Gasteiger partial charge is 0.274 e. The largest absolute Gasteiger partial charge is 0.327 e. The molecule has 3 aromatic rings. The third-order valence-electron chi connectivity index (χ3n) is 4.15. The number of hydrogen-bond acceptors (Lipinski definition) is 5. The molecule has 1 aliphatic heterocycles. The average Bonchev–Trinajstić information content (AvgIpc) is 3.21. The Morgan fingerprint density at radius 3 is 2.96 bits per heavy atom. The van der Waals surface area contributed by atoms with E-state index in [9.17, 15) is 4.79 Å². The lowest BCUT2D eigenvalue weighted by molar-refractivity contribution is 0.0722. The zero-order valence-electron chi connectivity index (χ0n) is 12.8. The quantitative estimate of drug-likeness (QED) is 0.721. The van der Waals surface area contributed by atoms with E-state index in [1.807, 2.05) is 40.6 Å². The van der Waals surface area contributed by atoms with Gasteiger partial charge in [0.1, 0.15) is 5.69 Å². The number of carbonyl (C=O) groups excluding carboxylic acids is 1. The first kappa shape index (κ1) is 13.8. The van der Waals surface area contributed by atoms with Crippen molar-refractivity contribution in [3.8, 4) is 0 Å². The summed E-state index contributed by atoms with van der Waals surface area (Å²) in [6, 6.07) is 5.69. The molecule has 7 heteroatoms. The van der Waals surface area contributed by atoms with Crippen LogP contribution in [0.5, 0.6) is 0 Å². The molecule has 0 aromatic carbocycles. The predicted octanol–water partition coefficient (Wildman–Crippen LogP) is 1.81. The first-order valence-electron chi connectivity index (χ1n) is 7.63. The van der Waals surface area contributed by atoms with Crippen molar-refractivity contribution >= 4 is 11.6 Å². The highest BCUT2D eigenvalue weighted by molar-refractivity contribution is 5.92. The van der Waals surface area contributed by atoms with E-state index in [0.29, 0.717) is 12.2 Å². The van der Waals surface area contributed by atoms with Crippen LogP contribution in [0.3, 0.4) is 0 Å². The van der Waals surface area contributed by atoms with Gasteiger partial charge in [0.25, 0.3) is 5.91 Å². The van der Waals surface area contributed by atoms with Crippen LogP contribution in [0.2, 0.25) is 0 Å². The summed E-state index contributed by atoms with van der Waals surface area (Å²) in [5, 5.41) is 8.49. The molecule has 1 aliphatic rings. The van der Waals surface area contributed by atoms with Crippen molar-refractivity contribution in [3.05, 3.63) is 54.0 Å². The van der Waals surface area contributed by atoms with Gasteiger partial charge in [0.15, 0.2) is 11.5 Å². The Kier molecular flexibility index (Phi) is 3.25. The first-order valence-corrected chi connectivity index (χ1v) is 7.63. The Morgan fingerprint density at radius 1 is 1.22 bits per heavy atom. The van der Waals surface area contributed by atoms with Crippen LogP contribution in [0.1, 0.15) is 40.9 Å². The molecule has 3 aromatic heterocycles. The second-order valence-corrected chi connectivity index (χ2v) is 5.69. The number of carbonyl (C=O) groups is 1. The second-order valence-electron chi connectivity index (χ2n) is 5.69. The zero-order valence-corrected chi connectivity index (χ0v) is 12.8. The third kappa shape index (κ3) is 2.34. The maximum Gasteiger partial charge on any atom is 0.274 e. The number of amides is 1. The van der Waals surface area contributed by atoms with E-state index in [1.165, 1.54) is 6.20 Å². The fraction of sp³-hybridized carbons (Fsp3) is 0.312. The van der Waals surface area contributed by atoms with Crippen LogP contribution < -0.4 is 0 Å². The minimum absolute atomic E-state index is 0.0806. The summed E-state index contributed by atoms with van der Waals surface area (Å²) in [6.45, 7) is 2.54. The Morgan fingerprint density at radius 2 is 2.13 bits per heavy atom. The number of aryl methyl sites for hydroxylation is 1.